The second-order valence-corrected chi connectivity index (χ2v) is 18.6. The summed E-state index contributed by atoms with van der Waals surface area (Å²) in [5, 5.41) is 16.5. The topological polar surface area (TPSA) is 215 Å². The minimum atomic E-state index is -4.03. The molecule has 0 radical (unpaired) electrons. The van der Waals surface area contributed by atoms with Gasteiger partial charge in [0.2, 0.25) is 33.6 Å². The van der Waals surface area contributed by atoms with Crippen molar-refractivity contribution in [1.82, 2.24) is 30.2 Å². The van der Waals surface area contributed by atoms with Gasteiger partial charge in [0, 0.05) is 52.7 Å². The fourth-order valence-electron chi connectivity index (χ4n) is 8.19. The second kappa shape index (κ2) is 15.7. The van der Waals surface area contributed by atoms with Crippen LogP contribution in [0, 0.1) is 17.8 Å². The fourth-order valence-corrected chi connectivity index (χ4v) is 9.51. The third-order valence-electron chi connectivity index (χ3n) is 12.1. The van der Waals surface area contributed by atoms with Gasteiger partial charge >= 0.3 is 6.09 Å². The molecule has 3 aromatic rings. The van der Waals surface area contributed by atoms with E-state index in [2.05, 4.69) is 25.3 Å². The summed E-state index contributed by atoms with van der Waals surface area (Å²) >= 11 is 0. The van der Waals surface area contributed by atoms with Crippen LogP contribution in [0.5, 0.6) is 17.5 Å². The van der Waals surface area contributed by atoms with Crippen LogP contribution >= 0.6 is 0 Å². The number of aromatic nitrogens is 2. The number of rotatable bonds is 9. The maximum Gasteiger partial charge on any atom is 0.405 e. The van der Waals surface area contributed by atoms with E-state index in [4.69, 9.17) is 14.2 Å². The summed E-state index contributed by atoms with van der Waals surface area (Å²) in [6.45, 7) is 5.31. The molecule has 7 rings (SSSR count). The molecule has 1 aromatic carbocycles. The number of fused-ring (bicyclic) bond motifs is 3. The molecule has 2 saturated carbocycles. The maximum atomic E-state index is 14.6. The van der Waals surface area contributed by atoms with Gasteiger partial charge < -0.3 is 34.9 Å². The lowest BCUT2D eigenvalue weighted by Gasteiger charge is -2.32. The molecule has 3 fully saturated rings. The van der Waals surface area contributed by atoms with Gasteiger partial charge in [-0.25, -0.2) is 23.2 Å². The van der Waals surface area contributed by atoms with Crippen molar-refractivity contribution in [2.24, 2.45) is 17.8 Å². The standard InChI is InChI=1S/C41H50N6O10S/c1-23-8-6-7-9-26-19-41(26,38(50)46-58(53,54)40(3)14-15-40)45-35(48)32-18-28(22-47(32)37(49)34(24(2)16-23)44-39(51)52)57-36-29-12-11-27(55-4)17-30(29)31(21-43-36)25-10-13-33(56-5)42-20-25/h7,9-13,17,20-21,23-24,26,28,32,34,44H,6,8,14-16,18-19,22H2,1-5H3,(H,45,48)(H,46,50)(H,51,52)/t23-,24-,26-,28-,32+,34+,41-/m1/s1. The maximum absolute atomic E-state index is 14.6. The molecule has 0 bridgehead atoms. The van der Waals surface area contributed by atoms with Crippen LogP contribution in [0.25, 0.3) is 21.9 Å². The molecule has 0 spiro atoms. The molecule has 1 saturated heterocycles. The number of pyridine rings is 2. The number of methoxy groups -OCH3 is 2. The summed E-state index contributed by atoms with van der Waals surface area (Å²) in [4.78, 5) is 65.4. The van der Waals surface area contributed by atoms with Crippen LogP contribution in [-0.4, -0.2) is 101 Å². The van der Waals surface area contributed by atoms with E-state index in [0.29, 0.717) is 42.7 Å². The Balaban J connectivity index is 1.23. The van der Waals surface area contributed by atoms with Crippen molar-refractivity contribution in [3.05, 3.63) is 54.9 Å². The van der Waals surface area contributed by atoms with Crippen molar-refractivity contribution in [3.63, 3.8) is 0 Å². The summed E-state index contributed by atoms with van der Waals surface area (Å²) in [5.74, 6) is -1.67. The minimum absolute atomic E-state index is 0.0276. The predicted octanol–water partition coefficient (Wildman–Crippen LogP) is 4.18. The zero-order valence-corrected chi connectivity index (χ0v) is 34.0. The number of hydrogen-bond donors (Lipinski definition) is 4. The van der Waals surface area contributed by atoms with Gasteiger partial charge in [-0.2, -0.15) is 0 Å². The molecule has 0 unspecified atom stereocenters. The number of ether oxygens (including phenoxy) is 3. The predicted molar refractivity (Wildman–Crippen MR) is 213 cm³/mol. The van der Waals surface area contributed by atoms with Crippen LogP contribution in [0.4, 0.5) is 4.79 Å². The number of nitrogens with one attached hydrogen (secondary N) is 3. The van der Waals surface area contributed by atoms with E-state index < -0.39 is 74.1 Å². The Hall–Kier alpha value is -5.45. The molecule has 2 aromatic heterocycles. The van der Waals surface area contributed by atoms with Crippen molar-refractivity contribution < 1.29 is 46.9 Å². The molecular formula is C41H50N6O10S. The highest BCUT2D eigenvalue weighted by Gasteiger charge is 2.63. The number of nitrogens with zero attached hydrogens (tertiary/aromatic N) is 3. The molecule has 4 heterocycles. The van der Waals surface area contributed by atoms with Crippen LogP contribution in [0.1, 0.15) is 65.7 Å². The molecular weight excluding hydrogens is 769 g/mol. The summed E-state index contributed by atoms with van der Waals surface area (Å²) in [7, 11) is -0.935. The lowest BCUT2D eigenvalue weighted by atomic mass is 9.88. The first-order chi connectivity index (χ1) is 27.6. The van der Waals surface area contributed by atoms with Gasteiger partial charge in [0.05, 0.1) is 25.5 Å². The number of carboxylic acid groups (broad SMARTS) is 1. The molecule has 2 aliphatic carbocycles. The molecule has 4 aliphatic rings. The smallest absolute Gasteiger partial charge is 0.405 e. The molecule has 2 aliphatic heterocycles. The van der Waals surface area contributed by atoms with E-state index in [1.54, 1.807) is 44.6 Å². The quantitative estimate of drug-likeness (QED) is 0.224. The van der Waals surface area contributed by atoms with Crippen LogP contribution < -0.4 is 29.6 Å². The average molecular weight is 819 g/mol. The molecule has 7 atom stereocenters. The lowest BCUT2D eigenvalue weighted by Crippen LogP contribution is -2.59. The number of amides is 4. The van der Waals surface area contributed by atoms with Crippen molar-refractivity contribution in [1.29, 1.82) is 0 Å². The molecule has 17 heteroatoms. The minimum Gasteiger partial charge on any atom is -0.497 e. The van der Waals surface area contributed by atoms with E-state index >= 15 is 0 Å². The van der Waals surface area contributed by atoms with Crippen LogP contribution in [0.3, 0.4) is 0 Å². The van der Waals surface area contributed by atoms with Gasteiger partial charge in [-0.05, 0) is 81.5 Å². The number of sulfonamides is 1. The number of carbonyl (C=O) groups is 4. The molecule has 58 heavy (non-hydrogen) atoms. The van der Waals surface area contributed by atoms with E-state index in [1.807, 2.05) is 38.1 Å². The highest BCUT2D eigenvalue weighted by atomic mass is 32.2. The summed E-state index contributed by atoms with van der Waals surface area (Å²) < 4.78 is 44.9. The number of carbonyl (C=O) groups excluding carboxylic acids is 3. The first kappa shape index (κ1) is 40.7. The molecule has 4 amide bonds. The first-order valence-electron chi connectivity index (χ1n) is 19.6. The van der Waals surface area contributed by atoms with Crippen LogP contribution in [-0.2, 0) is 24.4 Å². The Labute approximate surface area is 337 Å². The first-order valence-corrected chi connectivity index (χ1v) is 21.1. The Kier molecular flexibility index (Phi) is 11.0. The van der Waals surface area contributed by atoms with E-state index in [9.17, 15) is 32.7 Å². The zero-order chi connectivity index (χ0) is 41.6. The van der Waals surface area contributed by atoms with Gasteiger partial charge in [-0.15, -0.1) is 0 Å². The average Bonchev–Trinajstić information content (AvgIpc) is 4.08. The number of benzene rings is 1. The van der Waals surface area contributed by atoms with E-state index in [-0.39, 0.29) is 31.2 Å². The summed E-state index contributed by atoms with van der Waals surface area (Å²) in [6, 6.07) is 6.62. The van der Waals surface area contributed by atoms with Crippen LogP contribution in [0.2, 0.25) is 0 Å². The summed E-state index contributed by atoms with van der Waals surface area (Å²) in [5.41, 5.74) is -0.0664. The van der Waals surface area contributed by atoms with Gasteiger partial charge in [0.1, 0.15) is 29.5 Å². The lowest BCUT2D eigenvalue weighted by molar-refractivity contribution is -0.142. The van der Waals surface area contributed by atoms with Gasteiger partial charge in [0.15, 0.2) is 0 Å². The molecule has 16 nitrogen and oxygen atoms in total. The Morgan fingerprint density at radius 2 is 1.79 bits per heavy atom. The summed E-state index contributed by atoms with van der Waals surface area (Å²) in [6.07, 6.45) is 7.76. The van der Waals surface area contributed by atoms with E-state index in [1.165, 1.54) is 12.0 Å². The SMILES string of the molecule is COc1ccc2c(O[C@@H]3C[C@H]4C(=O)N[C@]5(C(=O)NS(=O)(=O)C6(C)CC6)C[C@H]5C=CCC[C@@H](C)C[C@@H](C)[C@H](NC(=O)O)C(=O)N4C3)ncc(-c3ccc(OC)nc3)c2c1. The van der Waals surface area contributed by atoms with Gasteiger partial charge in [-0.1, -0.05) is 26.0 Å². The van der Waals surface area contributed by atoms with Gasteiger partial charge in [0.25, 0.3) is 5.91 Å². The van der Waals surface area contributed by atoms with Crippen molar-refractivity contribution in [2.45, 2.75) is 94.2 Å². The Morgan fingerprint density at radius 1 is 1.02 bits per heavy atom. The molecule has 310 valence electrons. The number of hydrogen-bond acceptors (Lipinski definition) is 11. The highest BCUT2D eigenvalue weighted by molar-refractivity contribution is 7.91. The number of allylic oxidation sites excluding steroid dienone is 1. The van der Waals surface area contributed by atoms with Gasteiger partial charge in [-0.3, -0.25) is 19.1 Å². The fraction of sp³-hybridized carbons (Fsp3) is 0.512. The van der Waals surface area contributed by atoms with Crippen molar-refractivity contribution in [2.75, 3.05) is 20.8 Å². The zero-order valence-electron chi connectivity index (χ0n) is 33.2. The Bertz CT molecular complexity index is 2250. The van der Waals surface area contributed by atoms with E-state index in [0.717, 1.165) is 22.9 Å². The normalized spacial score (nSPS) is 28.2. The van der Waals surface area contributed by atoms with Crippen LogP contribution in [0.15, 0.2) is 54.9 Å². The van der Waals surface area contributed by atoms with Crippen molar-refractivity contribution >= 4 is 44.6 Å². The third-order valence-corrected chi connectivity index (χ3v) is 14.3. The second-order valence-electron chi connectivity index (χ2n) is 16.4. The highest BCUT2D eigenvalue weighted by Crippen LogP contribution is 2.48. The third kappa shape index (κ3) is 8.00. The largest absolute Gasteiger partial charge is 0.497 e. The molecule has 4 N–H and O–H groups in total. The monoisotopic (exact) mass is 818 g/mol. The Morgan fingerprint density at radius 3 is 2.47 bits per heavy atom. The van der Waals surface area contributed by atoms with Crippen molar-refractivity contribution in [3.8, 4) is 28.6 Å².